The molecule has 1 unspecified atom stereocenters. The molecule has 5 rings (SSSR count). The highest BCUT2D eigenvalue weighted by molar-refractivity contribution is 7.21. The van der Waals surface area contributed by atoms with E-state index < -0.39 is 41.7 Å². The second-order valence-corrected chi connectivity index (χ2v) is 11.0. The van der Waals surface area contributed by atoms with Crippen molar-refractivity contribution >= 4 is 39.1 Å². The van der Waals surface area contributed by atoms with Crippen molar-refractivity contribution in [3.8, 4) is 11.1 Å². The highest BCUT2D eigenvalue weighted by Crippen LogP contribution is 2.44. The zero-order valence-electron chi connectivity index (χ0n) is 22.2. The highest BCUT2D eigenvalue weighted by atomic mass is 32.1. The summed E-state index contributed by atoms with van der Waals surface area (Å²) in [6, 6.07) is 2.20. The van der Waals surface area contributed by atoms with Crippen molar-refractivity contribution in [1.82, 2.24) is 24.5 Å². The number of aryl methyl sites for hydroxylation is 2. The molecule has 1 saturated carbocycles. The predicted molar refractivity (Wildman–Crippen MR) is 142 cm³/mol. The van der Waals surface area contributed by atoms with Gasteiger partial charge in [-0.05, 0) is 44.4 Å². The number of hydrogen-bond acceptors (Lipinski definition) is 6. The first kappa shape index (κ1) is 28.6. The lowest BCUT2D eigenvalue weighted by Gasteiger charge is -2.15. The van der Waals surface area contributed by atoms with Crippen LogP contribution in [-0.2, 0) is 24.1 Å². The number of nitrogens with one attached hydrogen (secondary N) is 1. The topological polar surface area (TPSA) is 121 Å². The quantitative estimate of drug-likeness (QED) is 0.234. The molecule has 41 heavy (non-hydrogen) atoms. The monoisotopic (exact) mass is 595 g/mol. The number of carbonyl (C=O) groups is 2. The summed E-state index contributed by atoms with van der Waals surface area (Å²) in [4.78, 5) is 29.8. The first-order valence-corrected chi connectivity index (χ1v) is 13.7. The van der Waals surface area contributed by atoms with Crippen LogP contribution in [0.3, 0.4) is 0 Å². The molecule has 3 N–H and O–H groups in total. The molecule has 0 bridgehead atoms. The molecular weight excluding hydrogens is 569 g/mol. The molecule has 4 aromatic rings. The van der Waals surface area contributed by atoms with Crippen LogP contribution in [0.5, 0.6) is 0 Å². The van der Waals surface area contributed by atoms with Gasteiger partial charge in [-0.25, -0.2) is 13.8 Å². The standard InChI is InChI=1S/C26H26F5N7O2S/c1-4-37-10-15(12(3)35-37)14-7-16(22(27)28)33-25-19(14)20(21(41-25)23(32)39)34-24(40)11(2)9-38-17(13-5-6-13)8-18(36-38)26(29,30)31/h7-8,10-11,13,22H,4-6,9H2,1-3H3,(H2,32,39)(H,34,40). The SMILES string of the molecule is CCn1cc(-c2cc(C(F)F)nc3sc(C(N)=O)c(NC(=O)C(C)Cn4nc(C(F)(F)F)cc4C4CC4)c23)c(C)n1. The van der Waals surface area contributed by atoms with Gasteiger partial charge >= 0.3 is 6.18 Å². The fourth-order valence-corrected chi connectivity index (χ4v) is 5.71. The van der Waals surface area contributed by atoms with Crippen LogP contribution in [0.2, 0.25) is 0 Å². The molecule has 4 heterocycles. The van der Waals surface area contributed by atoms with Gasteiger partial charge in [-0.1, -0.05) is 6.92 Å². The molecular formula is C26H26F5N7O2S. The van der Waals surface area contributed by atoms with E-state index in [-0.39, 0.29) is 38.8 Å². The van der Waals surface area contributed by atoms with E-state index in [1.165, 1.54) is 17.7 Å². The Morgan fingerprint density at radius 1 is 1.20 bits per heavy atom. The molecule has 0 radical (unpaired) electrons. The molecule has 4 aromatic heterocycles. The number of amides is 2. The maximum absolute atomic E-state index is 13.8. The van der Waals surface area contributed by atoms with E-state index >= 15 is 0 Å². The lowest BCUT2D eigenvalue weighted by Crippen LogP contribution is -2.26. The minimum atomic E-state index is -4.63. The van der Waals surface area contributed by atoms with Gasteiger partial charge in [0.05, 0.1) is 23.8 Å². The second kappa shape index (κ2) is 10.5. The number of carbonyl (C=O) groups excluding carboxylic acids is 2. The van der Waals surface area contributed by atoms with Crippen molar-refractivity contribution in [2.75, 3.05) is 5.32 Å². The summed E-state index contributed by atoms with van der Waals surface area (Å²) < 4.78 is 70.4. The van der Waals surface area contributed by atoms with Crippen LogP contribution < -0.4 is 11.1 Å². The fourth-order valence-electron chi connectivity index (χ4n) is 4.69. The van der Waals surface area contributed by atoms with Crippen molar-refractivity contribution in [2.45, 2.75) is 65.2 Å². The third-order valence-electron chi connectivity index (χ3n) is 6.93. The normalized spacial score (nSPS) is 14.7. The van der Waals surface area contributed by atoms with Gasteiger partial charge in [0.1, 0.15) is 15.4 Å². The minimum absolute atomic E-state index is 0.000164. The Bertz CT molecular complexity index is 1650. The molecule has 0 saturated heterocycles. The van der Waals surface area contributed by atoms with Crippen LogP contribution in [0.4, 0.5) is 27.6 Å². The maximum atomic E-state index is 13.8. The molecule has 0 aliphatic heterocycles. The van der Waals surface area contributed by atoms with Crippen LogP contribution >= 0.6 is 11.3 Å². The number of nitrogens with two attached hydrogens (primary N) is 1. The first-order chi connectivity index (χ1) is 19.3. The van der Waals surface area contributed by atoms with E-state index in [1.807, 2.05) is 6.92 Å². The third-order valence-corrected chi connectivity index (χ3v) is 8.03. The van der Waals surface area contributed by atoms with Gasteiger partial charge in [-0.2, -0.15) is 23.4 Å². The molecule has 0 spiro atoms. The van der Waals surface area contributed by atoms with Crippen molar-refractivity contribution in [3.05, 3.63) is 46.0 Å². The van der Waals surface area contributed by atoms with Crippen molar-refractivity contribution in [2.24, 2.45) is 11.7 Å². The van der Waals surface area contributed by atoms with E-state index in [1.54, 1.807) is 17.8 Å². The summed E-state index contributed by atoms with van der Waals surface area (Å²) in [6.45, 7) is 5.44. The zero-order chi connectivity index (χ0) is 29.8. The second-order valence-electron chi connectivity index (χ2n) is 10.0. The summed E-state index contributed by atoms with van der Waals surface area (Å²) in [6.07, 6.45) is -4.40. The smallest absolute Gasteiger partial charge is 0.365 e. The molecule has 2 amide bonds. The van der Waals surface area contributed by atoms with Gasteiger partial charge in [0.25, 0.3) is 12.3 Å². The molecule has 1 aliphatic rings. The van der Waals surface area contributed by atoms with Gasteiger partial charge in [-0.3, -0.25) is 19.0 Å². The lowest BCUT2D eigenvalue weighted by molar-refractivity contribution is -0.141. The predicted octanol–water partition coefficient (Wildman–Crippen LogP) is 5.89. The number of hydrogen-bond donors (Lipinski definition) is 2. The van der Waals surface area contributed by atoms with Crippen LogP contribution in [-0.4, -0.2) is 36.4 Å². The minimum Gasteiger partial charge on any atom is -0.365 e. The average Bonchev–Trinajstić information content (AvgIpc) is 3.37. The Morgan fingerprint density at radius 2 is 1.90 bits per heavy atom. The molecule has 218 valence electrons. The number of anilines is 1. The first-order valence-electron chi connectivity index (χ1n) is 12.8. The summed E-state index contributed by atoms with van der Waals surface area (Å²) in [5.74, 6) is -2.46. The van der Waals surface area contributed by atoms with Gasteiger partial charge in [0, 0.05) is 35.3 Å². The van der Waals surface area contributed by atoms with Crippen LogP contribution in [0, 0.1) is 12.8 Å². The number of thiophene rings is 1. The van der Waals surface area contributed by atoms with Gasteiger partial charge < -0.3 is 11.1 Å². The summed E-state index contributed by atoms with van der Waals surface area (Å²) >= 11 is 0.766. The summed E-state index contributed by atoms with van der Waals surface area (Å²) in [7, 11) is 0. The van der Waals surface area contributed by atoms with Gasteiger partial charge in [0.2, 0.25) is 5.91 Å². The number of alkyl halides is 5. The Hall–Kier alpha value is -3.88. The van der Waals surface area contributed by atoms with Gasteiger partial charge in [-0.15, -0.1) is 11.3 Å². The number of nitrogens with zero attached hydrogens (tertiary/aromatic N) is 5. The number of pyridine rings is 1. The lowest BCUT2D eigenvalue weighted by atomic mass is 10.0. The average molecular weight is 596 g/mol. The van der Waals surface area contributed by atoms with Crippen molar-refractivity contribution in [3.63, 3.8) is 0 Å². The summed E-state index contributed by atoms with van der Waals surface area (Å²) in [5, 5.41) is 11.0. The number of fused-ring (bicyclic) bond motifs is 1. The van der Waals surface area contributed by atoms with E-state index in [0.717, 1.165) is 30.2 Å². The molecule has 1 atom stereocenters. The Labute approximate surface area is 234 Å². The number of rotatable bonds is 9. The fraction of sp³-hybridized carbons (Fsp3) is 0.423. The van der Waals surface area contributed by atoms with E-state index in [9.17, 15) is 31.5 Å². The molecule has 9 nitrogen and oxygen atoms in total. The Morgan fingerprint density at radius 3 is 2.46 bits per heavy atom. The molecule has 15 heteroatoms. The third kappa shape index (κ3) is 5.54. The van der Waals surface area contributed by atoms with Crippen LogP contribution in [0.15, 0.2) is 18.3 Å². The molecule has 0 aromatic carbocycles. The van der Waals surface area contributed by atoms with E-state index in [4.69, 9.17) is 5.73 Å². The largest absolute Gasteiger partial charge is 0.435 e. The maximum Gasteiger partial charge on any atom is 0.435 e. The van der Waals surface area contributed by atoms with Crippen molar-refractivity contribution < 1.29 is 31.5 Å². The highest BCUT2D eigenvalue weighted by Gasteiger charge is 2.38. The molecule has 1 aliphatic carbocycles. The number of halogens is 5. The Kier molecular flexibility index (Phi) is 7.34. The number of primary amides is 1. The number of aromatic nitrogens is 5. The van der Waals surface area contributed by atoms with Gasteiger partial charge in [0.15, 0.2) is 5.69 Å². The molecule has 1 fully saturated rings. The summed E-state index contributed by atoms with van der Waals surface area (Å²) in [5.41, 5.74) is 5.78. The van der Waals surface area contributed by atoms with Crippen molar-refractivity contribution in [1.29, 1.82) is 0 Å². The van der Waals surface area contributed by atoms with Crippen LogP contribution in [0.25, 0.3) is 21.3 Å². The van der Waals surface area contributed by atoms with Crippen LogP contribution in [0.1, 0.15) is 71.5 Å². The Balaban J connectivity index is 1.55. The van der Waals surface area contributed by atoms with E-state index in [0.29, 0.717) is 23.5 Å². The zero-order valence-corrected chi connectivity index (χ0v) is 23.0. The van der Waals surface area contributed by atoms with E-state index in [2.05, 4.69) is 20.5 Å².